The summed E-state index contributed by atoms with van der Waals surface area (Å²) in [5.41, 5.74) is 1.05. The fourth-order valence-corrected chi connectivity index (χ4v) is 1.85. The molecule has 0 aliphatic carbocycles. The Balaban J connectivity index is 2.05. The van der Waals surface area contributed by atoms with Gasteiger partial charge in [-0.1, -0.05) is 47.6 Å². The lowest BCUT2D eigenvalue weighted by Crippen LogP contribution is -1.91. The van der Waals surface area contributed by atoms with Gasteiger partial charge in [0.05, 0.1) is 4.92 Å². The molecule has 3 rings (SSSR count). The maximum atomic E-state index is 11.0. The molecular weight excluding hydrogens is 258 g/mol. The van der Waals surface area contributed by atoms with Crippen molar-refractivity contribution in [3.05, 3.63) is 64.7 Å². The molecule has 0 bridgehead atoms. The number of nitrogens with zero attached hydrogens (tertiary/aromatic N) is 3. The number of nitro benzene ring substituents is 1. The molecule has 0 aliphatic heterocycles. The number of rotatable bonds is 3. The number of hydrogen-bond acceptors (Lipinski definition) is 5. The van der Waals surface area contributed by atoms with E-state index in [2.05, 4.69) is 10.1 Å². The molecule has 2 aromatic carbocycles. The number of aromatic nitrogens is 2. The highest BCUT2D eigenvalue weighted by Crippen LogP contribution is 2.29. The van der Waals surface area contributed by atoms with Crippen LogP contribution in [-0.4, -0.2) is 15.1 Å². The van der Waals surface area contributed by atoms with Gasteiger partial charge in [0.25, 0.3) is 11.6 Å². The van der Waals surface area contributed by atoms with E-state index in [0.717, 1.165) is 5.56 Å². The molecule has 0 radical (unpaired) electrons. The van der Waals surface area contributed by atoms with Crippen LogP contribution >= 0.6 is 0 Å². The molecule has 0 unspecified atom stereocenters. The van der Waals surface area contributed by atoms with Gasteiger partial charge in [-0.15, -0.1) is 0 Å². The van der Waals surface area contributed by atoms with Gasteiger partial charge in [-0.05, 0) is 6.07 Å². The molecule has 6 nitrogen and oxygen atoms in total. The van der Waals surface area contributed by atoms with E-state index in [9.17, 15) is 10.1 Å². The number of nitro groups is 1. The van der Waals surface area contributed by atoms with Crippen molar-refractivity contribution in [3.8, 4) is 22.8 Å². The van der Waals surface area contributed by atoms with Crippen LogP contribution in [0.5, 0.6) is 0 Å². The second-order valence-electron chi connectivity index (χ2n) is 4.06. The van der Waals surface area contributed by atoms with Crippen molar-refractivity contribution >= 4 is 5.69 Å². The Morgan fingerprint density at radius 1 is 1.00 bits per heavy atom. The van der Waals surface area contributed by atoms with Gasteiger partial charge in [-0.2, -0.15) is 4.98 Å². The van der Waals surface area contributed by atoms with Crippen LogP contribution in [0.4, 0.5) is 5.69 Å². The lowest BCUT2D eigenvalue weighted by molar-refractivity contribution is -0.384. The molecule has 0 N–H and O–H groups in total. The second kappa shape index (κ2) is 4.93. The maximum absolute atomic E-state index is 11.0. The van der Waals surface area contributed by atoms with Gasteiger partial charge in [0.15, 0.2) is 0 Å². The molecule has 0 amide bonds. The van der Waals surface area contributed by atoms with Crippen LogP contribution in [0.15, 0.2) is 59.1 Å². The van der Waals surface area contributed by atoms with E-state index in [0.29, 0.717) is 11.4 Å². The Labute approximate surface area is 113 Å². The molecule has 0 atom stereocenters. The summed E-state index contributed by atoms with van der Waals surface area (Å²) in [4.78, 5) is 14.7. The predicted molar refractivity (Wildman–Crippen MR) is 71.8 cm³/mol. The number of para-hydroxylation sites is 1. The zero-order valence-corrected chi connectivity index (χ0v) is 10.3. The first-order chi connectivity index (χ1) is 9.75. The SMILES string of the molecule is O=[N+]([O-])c1ccccc1-c1nc(-c2ccccc2)no1. The molecule has 98 valence electrons. The first kappa shape index (κ1) is 12.0. The van der Waals surface area contributed by atoms with Crippen molar-refractivity contribution < 1.29 is 9.45 Å². The van der Waals surface area contributed by atoms with Gasteiger partial charge in [0.1, 0.15) is 5.56 Å². The summed E-state index contributed by atoms with van der Waals surface area (Å²) in [6, 6.07) is 15.5. The zero-order chi connectivity index (χ0) is 13.9. The molecule has 6 heteroatoms. The summed E-state index contributed by atoms with van der Waals surface area (Å²) < 4.78 is 5.13. The minimum atomic E-state index is -0.471. The van der Waals surface area contributed by atoms with Crippen LogP contribution < -0.4 is 0 Å². The molecule has 20 heavy (non-hydrogen) atoms. The zero-order valence-electron chi connectivity index (χ0n) is 10.3. The van der Waals surface area contributed by atoms with Gasteiger partial charge >= 0.3 is 0 Å². The fraction of sp³-hybridized carbons (Fsp3) is 0. The topological polar surface area (TPSA) is 82.1 Å². The van der Waals surface area contributed by atoms with Crippen LogP contribution in [0.1, 0.15) is 0 Å². The second-order valence-corrected chi connectivity index (χ2v) is 4.06. The summed E-state index contributed by atoms with van der Waals surface area (Å²) in [5, 5.41) is 14.8. The van der Waals surface area contributed by atoms with E-state index < -0.39 is 4.92 Å². The van der Waals surface area contributed by atoms with Crippen LogP contribution in [0.25, 0.3) is 22.8 Å². The van der Waals surface area contributed by atoms with E-state index in [-0.39, 0.29) is 11.6 Å². The molecule has 0 spiro atoms. The molecule has 0 saturated heterocycles. The van der Waals surface area contributed by atoms with E-state index in [4.69, 9.17) is 4.52 Å². The Morgan fingerprint density at radius 2 is 1.70 bits per heavy atom. The monoisotopic (exact) mass is 267 g/mol. The van der Waals surface area contributed by atoms with E-state index >= 15 is 0 Å². The van der Waals surface area contributed by atoms with Crippen LogP contribution in [0.3, 0.4) is 0 Å². The molecule has 1 aromatic heterocycles. The highest BCUT2D eigenvalue weighted by molar-refractivity contribution is 5.68. The highest BCUT2D eigenvalue weighted by atomic mass is 16.6. The van der Waals surface area contributed by atoms with Gasteiger partial charge in [0.2, 0.25) is 5.82 Å². The van der Waals surface area contributed by atoms with Gasteiger partial charge < -0.3 is 4.52 Å². The summed E-state index contributed by atoms with van der Waals surface area (Å²) >= 11 is 0. The van der Waals surface area contributed by atoms with Gasteiger partial charge in [-0.3, -0.25) is 10.1 Å². The first-order valence-electron chi connectivity index (χ1n) is 5.88. The van der Waals surface area contributed by atoms with Crippen molar-refractivity contribution in [2.45, 2.75) is 0 Å². The van der Waals surface area contributed by atoms with Gasteiger partial charge in [0, 0.05) is 11.6 Å². The molecule has 0 saturated carbocycles. The van der Waals surface area contributed by atoms with Crippen molar-refractivity contribution in [2.24, 2.45) is 0 Å². The Morgan fingerprint density at radius 3 is 2.45 bits per heavy atom. The van der Waals surface area contributed by atoms with Crippen molar-refractivity contribution in [1.82, 2.24) is 10.1 Å². The van der Waals surface area contributed by atoms with E-state index in [1.807, 2.05) is 30.3 Å². The van der Waals surface area contributed by atoms with Crippen molar-refractivity contribution in [1.29, 1.82) is 0 Å². The Kier molecular flexibility index (Phi) is 2.96. The van der Waals surface area contributed by atoms with Crippen molar-refractivity contribution in [2.75, 3.05) is 0 Å². The minimum absolute atomic E-state index is 0.0595. The fourth-order valence-electron chi connectivity index (χ4n) is 1.85. The summed E-state index contributed by atoms with van der Waals surface area (Å²) in [6.07, 6.45) is 0. The first-order valence-corrected chi connectivity index (χ1v) is 5.88. The smallest absolute Gasteiger partial charge is 0.282 e. The Bertz CT molecular complexity index is 753. The normalized spacial score (nSPS) is 10.4. The lowest BCUT2D eigenvalue weighted by atomic mass is 10.2. The molecule has 0 fully saturated rings. The molecule has 1 heterocycles. The standard InChI is InChI=1S/C14H9N3O3/c18-17(19)12-9-5-4-8-11(12)14-15-13(16-20-14)10-6-2-1-3-7-10/h1-9H. The summed E-state index contributed by atoms with van der Waals surface area (Å²) in [5.74, 6) is 0.537. The van der Waals surface area contributed by atoms with Crippen LogP contribution in [-0.2, 0) is 0 Å². The van der Waals surface area contributed by atoms with Crippen LogP contribution in [0, 0.1) is 10.1 Å². The van der Waals surface area contributed by atoms with Gasteiger partial charge in [-0.25, -0.2) is 0 Å². The third-order valence-electron chi connectivity index (χ3n) is 2.79. The maximum Gasteiger partial charge on any atom is 0.282 e. The average Bonchev–Trinajstić information content (AvgIpc) is 2.98. The summed E-state index contributed by atoms with van der Waals surface area (Å²) in [6.45, 7) is 0. The Hall–Kier alpha value is -3.02. The summed E-state index contributed by atoms with van der Waals surface area (Å²) in [7, 11) is 0. The minimum Gasteiger partial charge on any atom is -0.333 e. The third-order valence-corrected chi connectivity index (χ3v) is 2.79. The predicted octanol–water partition coefficient (Wildman–Crippen LogP) is 3.31. The molecule has 3 aromatic rings. The number of benzene rings is 2. The molecule has 0 aliphatic rings. The number of hydrogen-bond donors (Lipinski definition) is 0. The van der Waals surface area contributed by atoms with E-state index in [1.165, 1.54) is 6.07 Å². The average molecular weight is 267 g/mol. The van der Waals surface area contributed by atoms with Crippen LogP contribution in [0.2, 0.25) is 0 Å². The quantitative estimate of drug-likeness (QED) is 0.537. The van der Waals surface area contributed by atoms with E-state index in [1.54, 1.807) is 18.2 Å². The van der Waals surface area contributed by atoms with Crippen molar-refractivity contribution in [3.63, 3.8) is 0 Å². The lowest BCUT2D eigenvalue weighted by Gasteiger charge is -1.96. The third kappa shape index (κ3) is 2.14. The highest BCUT2D eigenvalue weighted by Gasteiger charge is 2.19. The largest absolute Gasteiger partial charge is 0.333 e. The molecular formula is C14H9N3O3.